The quantitative estimate of drug-likeness (QED) is 0.0914. The number of aromatic nitrogens is 6. The summed E-state index contributed by atoms with van der Waals surface area (Å²) in [6.07, 6.45) is -7.07. The summed E-state index contributed by atoms with van der Waals surface area (Å²) in [5, 5.41) is 81.8. The van der Waals surface area contributed by atoms with Gasteiger partial charge in [0.1, 0.15) is 84.8 Å². The van der Waals surface area contributed by atoms with Crippen LogP contribution in [0, 0.1) is 0 Å². The van der Waals surface area contributed by atoms with E-state index in [1.54, 1.807) is 24.3 Å². The fourth-order valence-corrected chi connectivity index (χ4v) is 5.38. The Hall–Kier alpha value is -4.28. The van der Waals surface area contributed by atoms with Gasteiger partial charge in [-0.05, 0) is 24.3 Å². The molecule has 0 radical (unpaired) electrons. The highest BCUT2D eigenvalue weighted by molar-refractivity contribution is 5.73. The van der Waals surface area contributed by atoms with E-state index in [4.69, 9.17) is 18.9 Å². The Balaban J connectivity index is 1.16. The molecule has 1 aromatic carbocycles. The summed E-state index contributed by atoms with van der Waals surface area (Å²) in [5.41, 5.74) is 0.777. The van der Waals surface area contributed by atoms with E-state index in [2.05, 4.69) is 31.3 Å². The van der Waals surface area contributed by atoms with Crippen molar-refractivity contribution in [2.45, 2.75) is 88.2 Å². The molecule has 0 unspecified atom stereocenters. The number of nitrogens with zero attached hydrogens (tertiary/aromatic N) is 6. The standard InChI is InChI=1S/C28H38N8O12/c1-13(39)29-21-25(43)23(41)19(9-37)47-27(21)35-7-15(31-33-35)11-45-17-3-5-18(6-4-17)46-12-16-8-36(34-32-16)28-22(30-14(2)40)26(44)24(42)20(10-38)48-28/h3-8,19-28,37-38,41-44H,9-12H2,1-2H3,(H,29,39)(H,30,40)/t19-,20-,21-,22-,23-,24-,25-,26-,27-,28-/m1/s1. The summed E-state index contributed by atoms with van der Waals surface area (Å²) in [6.45, 7) is 1.38. The average Bonchev–Trinajstić information content (AvgIpc) is 3.74. The zero-order valence-corrected chi connectivity index (χ0v) is 25.9. The van der Waals surface area contributed by atoms with E-state index in [1.165, 1.54) is 35.6 Å². The number of rotatable bonds is 12. The van der Waals surface area contributed by atoms with E-state index in [-0.39, 0.29) is 13.2 Å². The second-order valence-electron chi connectivity index (χ2n) is 11.3. The minimum absolute atomic E-state index is 0.00101. The van der Waals surface area contributed by atoms with Crippen LogP contribution in [0.2, 0.25) is 0 Å². The smallest absolute Gasteiger partial charge is 0.217 e. The van der Waals surface area contributed by atoms with Crippen molar-refractivity contribution in [1.29, 1.82) is 0 Å². The minimum Gasteiger partial charge on any atom is -0.487 e. The number of aliphatic hydroxyl groups excluding tert-OH is 6. The van der Waals surface area contributed by atoms with Gasteiger partial charge in [0.05, 0.1) is 25.6 Å². The molecule has 3 aromatic rings. The molecule has 2 aliphatic rings. The predicted octanol–water partition coefficient (Wildman–Crippen LogP) is -3.74. The molecule has 20 nitrogen and oxygen atoms in total. The van der Waals surface area contributed by atoms with Crippen LogP contribution < -0.4 is 20.1 Å². The van der Waals surface area contributed by atoms with Crippen molar-refractivity contribution in [3.05, 3.63) is 48.0 Å². The van der Waals surface area contributed by atoms with Crippen LogP contribution in [0.4, 0.5) is 0 Å². The van der Waals surface area contributed by atoms with Gasteiger partial charge in [0, 0.05) is 13.8 Å². The van der Waals surface area contributed by atoms with Gasteiger partial charge in [0.15, 0.2) is 12.5 Å². The number of amides is 2. The van der Waals surface area contributed by atoms with Crippen LogP contribution in [0.1, 0.15) is 37.7 Å². The van der Waals surface area contributed by atoms with Crippen molar-refractivity contribution < 1.29 is 59.2 Å². The zero-order chi connectivity index (χ0) is 34.5. The average molecular weight is 679 g/mol. The molecule has 0 spiro atoms. The molecule has 48 heavy (non-hydrogen) atoms. The van der Waals surface area contributed by atoms with Gasteiger partial charge in [-0.2, -0.15) is 0 Å². The molecule has 2 fully saturated rings. The molecule has 2 saturated heterocycles. The molecule has 5 rings (SSSR count). The fourth-order valence-electron chi connectivity index (χ4n) is 5.38. The Bertz CT molecular complexity index is 1410. The maximum Gasteiger partial charge on any atom is 0.217 e. The van der Waals surface area contributed by atoms with Gasteiger partial charge in [-0.15, -0.1) is 10.2 Å². The summed E-state index contributed by atoms with van der Waals surface area (Å²) in [6, 6.07) is 4.52. The van der Waals surface area contributed by atoms with Gasteiger partial charge >= 0.3 is 0 Å². The topological polar surface area (TPSA) is 278 Å². The summed E-state index contributed by atoms with van der Waals surface area (Å²) in [4.78, 5) is 23.4. The van der Waals surface area contributed by atoms with E-state index in [0.29, 0.717) is 22.9 Å². The monoisotopic (exact) mass is 678 g/mol. The fraction of sp³-hybridized carbons (Fsp3) is 0.571. The van der Waals surface area contributed by atoms with Crippen LogP contribution in [0.15, 0.2) is 36.7 Å². The normalized spacial score (nSPS) is 30.4. The van der Waals surface area contributed by atoms with Crippen molar-refractivity contribution in [3.63, 3.8) is 0 Å². The SMILES string of the molecule is CC(=O)N[C@@H]1[C@@H](O)[C@H](O)[C@@H](CO)O[C@H]1n1cc(COc2ccc(OCc3cn([C@@H]4O[C@H](CO)[C@@H](O)[C@H](O)[C@H]4NC(C)=O)nn3)cc2)nn1. The third kappa shape index (κ3) is 7.88. The first-order valence-electron chi connectivity index (χ1n) is 14.9. The molecule has 0 saturated carbocycles. The Labute approximate surface area is 272 Å². The van der Waals surface area contributed by atoms with Gasteiger partial charge in [-0.25, -0.2) is 9.36 Å². The number of hydrogen-bond acceptors (Lipinski definition) is 16. The maximum absolute atomic E-state index is 11.7. The van der Waals surface area contributed by atoms with E-state index in [1.807, 2.05) is 0 Å². The van der Waals surface area contributed by atoms with E-state index >= 15 is 0 Å². The number of ether oxygens (including phenoxy) is 4. The van der Waals surface area contributed by atoms with E-state index in [9.17, 15) is 40.2 Å². The molecule has 2 aromatic heterocycles. The first-order chi connectivity index (χ1) is 23.0. The highest BCUT2D eigenvalue weighted by atomic mass is 16.6. The van der Waals surface area contributed by atoms with Crippen LogP contribution in [0.3, 0.4) is 0 Å². The molecule has 0 aliphatic carbocycles. The Morgan fingerprint density at radius 2 is 1.08 bits per heavy atom. The van der Waals surface area contributed by atoms with Crippen LogP contribution >= 0.6 is 0 Å². The number of carbonyl (C=O) groups is 2. The lowest BCUT2D eigenvalue weighted by Crippen LogP contribution is -2.62. The third-order valence-electron chi connectivity index (χ3n) is 7.77. The molecule has 20 heteroatoms. The molecule has 2 amide bonds. The van der Waals surface area contributed by atoms with Gasteiger partial charge in [-0.1, -0.05) is 10.4 Å². The van der Waals surface area contributed by atoms with Crippen LogP contribution in [0.25, 0.3) is 0 Å². The largest absolute Gasteiger partial charge is 0.487 e. The van der Waals surface area contributed by atoms with Crippen molar-refractivity contribution in [2.75, 3.05) is 13.2 Å². The van der Waals surface area contributed by atoms with Gasteiger partial charge < -0.3 is 60.2 Å². The molecular formula is C28H38N8O12. The van der Waals surface area contributed by atoms with Crippen molar-refractivity contribution >= 4 is 11.8 Å². The van der Waals surface area contributed by atoms with Gasteiger partial charge in [0.25, 0.3) is 0 Å². The van der Waals surface area contributed by atoms with Crippen molar-refractivity contribution in [1.82, 2.24) is 40.6 Å². The maximum atomic E-state index is 11.7. The lowest BCUT2D eigenvalue weighted by atomic mass is 9.96. The third-order valence-corrected chi connectivity index (χ3v) is 7.77. The molecule has 4 heterocycles. The second kappa shape index (κ2) is 15.3. The van der Waals surface area contributed by atoms with Gasteiger partial charge in [-0.3, -0.25) is 9.59 Å². The Kier molecular flexibility index (Phi) is 11.2. The number of hydrogen-bond donors (Lipinski definition) is 8. The van der Waals surface area contributed by atoms with Crippen molar-refractivity contribution in [3.8, 4) is 11.5 Å². The summed E-state index contributed by atoms with van der Waals surface area (Å²) >= 11 is 0. The molecule has 262 valence electrons. The molecule has 0 bridgehead atoms. The highest BCUT2D eigenvalue weighted by Gasteiger charge is 2.47. The number of carbonyl (C=O) groups excluding carboxylic acids is 2. The lowest BCUT2D eigenvalue weighted by Gasteiger charge is -2.42. The van der Waals surface area contributed by atoms with Crippen LogP contribution in [0.5, 0.6) is 11.5 Å². The second-order valence-corrected chi connectivity index (χ2v) is 11.3. The highest BCUT2D eigenvalue weighted by Crippen LogP contribution is 2.30. The first kappa shape index (κ1) is 35.0. The van der Waals surface area contributed by atoms with E-state index < -0.39 is 86.2 Å². The first-order valence-corrected chi connectivity index (χ1v) is 14.9. The zero-order valence-electron chi connectivity index (χ0n) is 25.9. The summed E-state index contributed by atoms with van der Waals surface area (Å²) < 4.78 is 25.5. The Morgan fingerprint density at radius 1 is 0.708 bits per heavy atom. The van der Waals surface area contributed by atoms with Crippen LogP contribution in [-0.2, 0) is 32.3 Å². The Morgan fingerprint density at radius 3 is 1.42 bits per heavy atom. The summed E-state index contributed by atoms with van der Waals surface area (Å²) in [7, 11) is 0. The van der Waals surface area contributed by atoms with Crippen LogP contribution in [-0.4, -0.2) is 134 Å². The predicted molar refractivity (Wildman–Crippen MR) is 156 cm³/mol. The van der Waals surface area contributed by atoms with E-state index in [0.717, 1.165) is 0 Å². The molecule has 10 atom stereocenters. The molecular weight excluding hydrogens is 640 g/mol. The van der Waals surface area contributed by atoms with Crippen molar-refractivity contribution in [2.24, 2.45) is 0 Å². The number of nitrogens with one attached hydrogen (secondary N) is 2. The molecule has 8 N–H and O–H groups in total. The number of aliphatic hydroxyl groups is 6. The number of benzene rings is 1. The summed E-state index contributed by atoms with van der Waals surface area (Å²) in [5.74, 6) is 0.0264. The van der Waals surface area contributed by atoms with Gasteiger partial charge in [0.2, 0.25) is 11.8 Å². The minimum atomic E-state index is -1.43. The molecule has 2 aliphatic heterocycles. The lowest BCUT2D eigenvalue weighted by molar-refractivity contribution is -0.219.